The van der Waals surface area contributed by atoms with Crippen molar-refractivity contribution in [1.82, 2.24) is 0 Å². The summed E-state index contributed by atoms with van der Waals surface area (Å²) >= 11 is 0. The third-order valence-electron chi connectivity index (χ3n) is 2.89. The summed E-state index contributed by atoms with van der Waals surface area (Å²) in [4.78, 5) is 0. The molecule has 106 valence electrons. The SMILES string of the molecule is COCOc1cc(C(C)(C)C)ccc1B(OC)OC. The fourth-order valence-corrected chi connectivity index (χ4v) is 1.79. The van der Waals surface area contributed by atoms with E-state index in [1.54, 1.807) is 21.3 Å². The Morgan fingerprint density at radius 2 is 1.68 bits per heavy atom. The van der Waals surface area contributed by atoms with Crippen molar-refractivity contribution >= 4 is 12.6 Å². The number of benzene rings is 1. The highest BCUT2D eigenvalue weighted by Crippen LogP contribution is 2.25. The third-order valence-corrected chi connectivity index (χ3v) is 2.89. The van der Waals surface area contributed by atoms with Gasteiger partial charge in [0.25, 0.3) is 0 Å². The Morgan fingerprint density at radius 3 is 2.16 bits per heavy atom. The van der Waals surface area contributed by atoms with E-state index in [4.69, 9.17) is 18.8 Å². The van der Waals surface area contributed by atoms with Gasteiger partial charge in [-0.15, -0.1) is 0 Å². The smallest absolute Gasteiger partial charge is 0.468 e. The van der Waals surface area contributed by atoms with Gasteiger partial charge in [-0.2, -0.15) is 0 Å². The fourth-order valence-electron chi connectivity index (χ4n) is 1.79. The summed E-state index contributed by atoms with van der Waals surface area (Å²) in [5.74, 6) is 0.725. The summed E-state index contributed by atoms with van der Waals surface area (Å²) in [5, 5.41) is 0. The lowest BCUT2D eigenvalue weighted by molar-refractivity contribution is 0.0515. The molecule has 1 aromatic carbocycles. The Hall–Kier alpha value is -1.04. The lowest BCUT2D eigenvalue weighted by Gasteiger charge is -2.22. The zero-order valence-electron chi connectivity index (χ0n) is 12.6. The molecule has 0 radical (unpaired) electrons. The Labute approximate surface area is 116 Å². The van der Waals surface area contributed by atoms with Crippen molar-refractivity contribution in [1.29, 1.82) is 0 Å². The van der Waals surface area contributed by atoms with Crippen LogP contribution in [0.1, 0.15) is 26.3 Å². The zero-order valence-corrected chi connectivity index (χ0v) is 12.6. The van der Waals surface area contributed by atoms with Crippen LogP contribution in [-0.2, 0) is 19.5 Å². The van der Waals surface area contributed by atoms with Crippen LogP contribution in [0, 0.1) is 0 Å². The molecule has 0 amide bonds. The number of hydrogen-bond acceptors (Lipinski definition) is 4. The van der Waals surface area contributed by atoms with Crippen LogP contribution >= 0.6 is 0 Å². The Balaban J connectivity index is 3.15. The lowest BCUT2D eigenvalue weighted by atomic mass is 9.76. The molecule has 0 bridgehead atoms. The van der Waals surface area contributed by atoms with E-state index in [-0.39, 0.29) is 12.2 Å². The molecule has 0 N–H and O–H groups in total. The molecule has 0 fully saturated rings. The molecule has 4 nitrogen and oxygen atoms in total. The molecule has 19 heavy (non-hydrogen) atoms. The molecule has 0 heterocycles. The minimum Gasteiger partial charge on any atom is -0.468 e. The summed E-state index contributed by atoms with van der Waals surface area (Å²) in [6.45, 7) is 6.67. The molecule has 0 saturated carbocycles. The molecule has 0 unspecified atom stereocenters. The van der Waals surface area contributed by atoms with Gasteiger partial charge in [0.15, 0.2) is 6.79 Å². The summed E-state index contributed by atoms with van der Waals surface area (Å²) in [7, 11) is 4.36. The van der Waals surface area contributed by atoms with Crippen molar-refractivity contribution < 1.29 is 18.8 Å². The summed E-state index contributed by atoms with van der Waals surface area (Å²) in [6, 6.07) is 6.06. The minimum atomic E-state index is -0.444. The molecule has 0 aromatic heterocycles. The van der Waals surface area contributed by atoms with Crippen LogP contribution in [0.25, 0.3) is 0 Å². The third kappa shape index (κ3) is 4.23. The van der Waals surface area contributed by atoms with E-state index >= 15 is 0 Å². The monoisotopic (exact) mass is 266 g/mol. The van der Waals surface area contributed by atoms with E-state index in [0.717, 1.165) is 11.2 Å². The van der Waals surface area contributed by atoms with Crippen molar-refractivity contribution in [3.8, 4) is 5.75 Å². The number of hydrogen-bond donors (Lipinski definition) is 0. The van der Waals surface area contributed by atoms with Gasteiger partial charge in [0.2, 0.25) is 0 Å². The topological polar surface area (TPSA) is 36.9 Å². The first-order valence-electron chi connectivity index (χ1n) is 6.25. The highest BCUT2D eigenvalue weighted by molar-refractivity contribution is 6.62. The molecular weight excluding hydrogens is 243 g/mol. The van der Waals surface area contributed by atoms with Crippen LogP contribution in [0.5, 0.6) is 5.75 Å². The van der Waals surface area contributed by atoms with Crippen LogP contribution in [0.15, 0.2) is 18.2 Å². The number of rotatable bonds is 6. The summed E-state index contributed by atoms with van der Waals surface area (Å²) < 4.78 is 21.2. The maximum absolute atomic E-state index is 5.62. The predicted molar refractivity (Wildman–Crippen MR) is 77.1 cm³/mol. The van der Waals surface area contributed by atoms with Crippen LogP contribution in [0.3, 0.4) is 0 Å². The van der Waals surface area contributed by atoms with Gasteiger partial charge >= 0.3 is 7.12 Å². The van der Waals surface area contributed by atoms with Gasteiger partial charge in [-0.05, 0) is 17.0 Å². The second-order valence-electron chi connectivity index (χ2n) is 5.36. The Kier molecular flexibility index (Phi) is 5.85. The van der Waals surface area contributed by atoms with E-state index in [2.05, 4.69) is 26.8 Å². The molecule has 0 spiro atoms. The van der Waals surface area contributed by atoms with Gasteiger partial charge in [-0.3, -0.25) is 0 Å². The second-order valence-corrected chi connectivity index (χ2v) is 5.36. The van der Waals surface area contributed by atoms with E-state index in [1.807, 2.05) is 12.1 Å². The minimum absolute atomic E-state index is 0.0549. The van der Waals surface area contributed by atoms with Crippen LogP contribution in [0.4, 0.5) is 0 Å². The number of methoxy groups -OCH3 is 1. The highest BCUT2D eigenvalue weighted by Gasteiger charge is 2.25. The lowest BCUT2D eigenvalue weighted by Crippen LogP contribution is -2.36. The largest absolute Gasteiger partial charge is 0.497 e. The summed E-state index contributed by atoms with van der Waals surface area (Å²) in [6.07, 6.45) is 0. The molecular formula is C14H23BO4. The number of ether oxygens (including phenoxy) is 2. The maximum Gasteiger partial charge on any atom is 0.497 e. The molecule has 0 aliphatic heterocycles. The molecule has 0 atom stereocenters. The van der Waals surface area contributed by atoms with E-state index in [1.165, 1.54) is 5.56 Å². The molecule has 0 aliphatic rings. The van der Waals surface area contributed by atoms with Gasteiger partial charge in [-0.25, -0.2) is 0 Å². The average molecular weight is 266 g/mol. The Morgan fingerprint density at radius 1 is 1.05 bits per heavy atom. The van der Waals surface area contributed by atoms with Crippen LogP contribution in [-0.4, -0.2) is 35.2 Å². The molecule has 5 heteroatoms. The predicted octanol–water partition coefficient (Wildman–Crippen LogP) is 1.95. The van der Waals surface area contributed by atoms with Crippen molar-refractivity contribution in [3.05, 3.63) is 23.8 Å². The second kappa shape index (κ2) is 6.94. The molecule has 1 aromatic rings. The first-order chi connectivity index (χ1) is 8.93. The quantitative estimate of drug-likeness (QED) is 0.582. The van der Waals surface area contributed by atoms with E-state index in [0.29, 0.717) is 0 Å². The highest BCUT2D eigenvalue weighted by atomic mass is 16.7. The maximum atomic E-state index is 5.62. The first-order valence-corrected chi connectivity index (χ1v) is 6.25. The Bertz CT molecular complexity index is 397. The molecule has 0 saturated heterocycles. The zero-order chi connectivity index (χ0) is 14.5. The van der Waals surface area contributed by atoms with Crippen molar-refractivity contribution in [2.24, 2.45) is 0 Å². The van der Waals surface area contributed by atoms with E-state index in [9.17, 15) is 0 Å². The normalized spacial score (nSPS) is 11.5. The van der Waals surface area contributed by atoms with Gasteiger partial charge in [-0.1, -0.05) is 32.9 Å². The van der Waals surface area contributed by atoms with E-state index < -0.39 is 7.12 Å². The standard InChI is InChI=1S/C14H23BO4/c1-14(2,3)11-7-8-12(15(17-5)18-6)13(9-11)19-10-16-4/h7-9H,10H2,1-6H3. The molecule has 1 rings (SSSR count). The van der Waals surface area contributed by atoms with Crippen molar-refractivity contribution in [2.45, 2.75) is 26.2 Å². The van der Waals surface area contributed by atoms with Crippen LogP contribution < -0.4 is 10.2 Å². The van der Waals surface area contributed by atoms with Gasteiger partial charge < -0.3 is 18.8 Å². The molecule has 0 aliphatic carbocycles. The fraction of sp³-hybridized carbons (Fsp3) is 0.571. The summed E-state index contributed by atoms with van der Waals surface area (Å²) in [5.41, 5.74) is 2.10. The van der Waals surface area contributed by atoms with Gasteiger partial charge in [0, 0.05) is 26.8 Å². The average Bonchev–Trinajstić information content (AvgIpc) is 2.37. The van der Waals surface area contributed by atoms with Gasteiger partial charge in [0.05, 0.1) is 0 Å². The first kappa shape index (κ1) is 16.0. The van der Waals surface area contributed by atoms with Gasteiger partial charge in [0.1, 0.15) is 5.75 Å². The van der Waals surface area contributed by atoms with Crippen LogP contribution in [0.2, 0.25) is 0 Å². The van der Waals surface area contributed by atoms with Crippen molar-refractivity contribution in [2.75, 3.05) is 28.1 Å². The van der Waals surface area contributed by atoms with Crippen molar-refractivity contribution in [3.63, 3.8) is 0 Å².